The lowest BCUT2D eigenvalue weighted by Crippen LogP contribution is -2.18. The van der Waals surface area contributed by atoms with Gasteiger partial charge in [-0.1, -0.05) is 0 Å². The first-order valence-electron chi connectivity index (χ1n) is 6.22. The van der Waals surface area contributed by atoms with Gasteiger partial charge in [-0.05, 0) is 27.7 Å². The second-order valence-electron chi connectivity index (χ2n) is 4.98. The van der Waals surface area contributed by atoms with Crippen molar-refractivity contribution in [3.63, 3.8) is 0 Å². The Labute approximate surface area is 119 Å². The van der Waals surface area contributed by atoms with Crippen molar-refractivity contribution >= 4 is 17.4 Å². The summed E-state index contributed by atoms with van der Waals surface area (Å²) in [5, 5.41) is -0.155. The Kier molecular flexibility index (Phi) is 5.54. The molecule has 0 N–H and O–H groups in total. The Morgan fingerprint density at radius 2 is 1.75 bits per heavy atom. The van der Waals surface area contributed by atoms with E-state index in [0.29, 0.717) is 0 Å². The van der Waals surface area contributed by atoms with E-state index in [1.165, 1.54) is 17.0 Å². The molecule has 0 saturated carbocycles. The Bertz CT molecular complexity index is 580. The molecule has 116 valence electrons. The van der Waals surface area contributed by atoms with Crippen LogP contribution in [0, 0.1) is 0 Å². The highest BCUT2D eigenvalue weighted by Gasteiger charge is 2.36. The maximum atomic E-state index is 12.6. The molecule has 0 radical (unpaired) electrons. The Hall–Kier alpha value is -0.690. The number of imidazole rings is 1. The summed E-state index contributed by atoms with van der Waals surface area (Å²) in [5.74, 6) is 0. The molecule has 0 unspecified atom stereocenters. The monoisotopic (exact) mass is 324 g/mol. The van der Waals surface area contributed by atoms with Gasteiger partial charge in [0.05, 0.1) is 12.2 Å². The van der Waals surface area contributed by atoms with Crippen LogP contribution in [0.4, 0.5) is 0 Å². The van der Waals surface area contributed by atoms with E-state index in [1.54, 1.807) is 34.7 Å². The SMILES string of the molecule is CC(C)OP(=O)(CS(=O)(=O)c1nccn1C)OC(C)C. The van der Waals surface area contributed by atoms with Crippen molar-refractivity contribution in [3.05, 3.63) is 12.4 Å². The summed E-state index contributed by atoms with van der Waals surface area (Å²) in [5.41, 5.74) is -0.721. The van der Waals surface area contributed by atoms with E-state index in [0.717, 1.165) is 0 Å². The van der Waals surface area contributed by atoms with Gasteiger partial charge in [0.1, 0.15) is 0 Å². The van der Waals surface area contributed by atoms with E-state index in [1.807, 2.05) is 0 Å². The topological polar surface area (TPSA) is 87.5 Å². The van der Waals surface area contributed by atoms with Crippen LogP contribution < -0.4 is 0 Å². The van der Waals surface area contributed by atoms with Crippen LogP contribution in [0.25, 0.3) is 0 Å². The van der Waals surface area contributed by atoms with Crippen molar-refractivity contribution in [2.24, 2.45) is 7.05 Å². The summed E-state index contributed by atoms with van der Waals surface area (Å²) < 4.78 is 49.0. The molecule has 0 aromatic carbocycles. The van der Waals surface area contributed by atoms with Gasteiger partial charge >= 0.3 is 7.60 Å². The Morgan fingerprint density at radius 1 is 1.25 bits per heavy atom. The summed E-state index contributed by atoms with van der Waals surface area (Å²) >= 11 is 0. The van der Waals surface area contributed by atoms with Gasteiger partial charge in [0, 0.05) is 19.4 Å². The molecule has 0 aliphatic heterocycles. The minimum atomic E-state index is -3.86. The lowest BCUT2D eigenvalue weighted by molar-refractivity contribution is 0.145. The van der Waals surface area contributed by atoms with Crippen LogP contribution in [0.5, 0.6) is 0 Å². The average Bonchev–Trinajstić information content (AvgIpc) is 2.59. The lowest BCUT2D eigenvalue weighted by Gasteiger charge is -2.22. The molecule has 0 fully saturated rings. The molecule has 0 saturated heterocycles. The number of hydrogen-bond donors (Lipinski definition) is 0. The molecule has 1 heterocycles. The maximum absolute atomic E-state index is 12.6. The first kappa shape index (κ1) is 17.4. The fourth-order valence-electron chi connectivity index (χ4n) is 1.65. The zero-order valence-corrected chi connectivity index (χ0v) is 14.0. The van der Waals surface area contributed by atoms with E-state index in [2.05, 4.69) is 4.98 Å². The van der Waals surface area contributed by atoms with Crippen molar-refractivity contribution in [2.75, 3.05) is 5.49 Å². The van der Waals surface area contributed by atoms with E-state index in [-0.39, 0.29) is 5.16 Å². The first-order valence-corrected chi connectivity index (χ1v) is 9.60. The molecule has 1 aromatic heterocycles. The lowest BCUT2D eigenvalue weighted by atomic mass is 10.5. The van der Waals surface area contributed by atoms with Gasteiger partial charge in [0.25, 0.3) is 0 Å². The molecule has 1 aromatic rings. The molecule has 0 bridgehead atoms. The zero-order valence-electron chi connectivity index (χ0n) is 12.3. The number of sulfone groups is 1. The first-order chi connectivity index (χ1) is 9.06. The fourth-order valence-corrected chi connectivity index (χ4v) is 6.32. The zero-order chi connectivity index (χ0) is 15.6. The minimum Gasteiger partial charge on any atom is -0.325 e. The van der Waals surface area contributed by atoms with Gasteiger partial charge in [-0.3, -0.25) is 4.57 Å². The maximum Gasteiger partial charge on any atom is 0.346 e. The highest BCUT2D eigenvalue weighted by Crippen LogP contribution is 2.52. The molecule has 1 rings (SSSR count). The highest BCUT2D eigenvalue weighted by atomic mass is 32.2. The predicted octanol–water partition coefficient (Wildman–Crippen LogP) is 2.19. The molecule has 20 heavy (non-hydrogen) atoms. The standard InChI is InChI=1S/C11H21N2O5PS/c1-9(2)17-19(14,18-10(3)4)8-20(15,16)11-12-6-7-13(11)5/h6-7,9-10H,8H2,1-5H3. The van der Waals surface area contributed by atoms with Crippen LogP contribution in [0.3, 0.4) is 0 Å². The van der Waals surface area contributed by atoms with Gasteiger partial charge in [-0.25, -0.2) is 13.4 Å². The predicted molar refractivity (Wildman–Crippen MR) is 75.3 cm³/mol. The number of nitrogens with zero attached hydrogens (tertiary/aromatic N) is 2. The summed E-state index contributed by atoms with van der Waals surface area (Å²) in [7, 11) is -6.06. The fraction of sp³-hybridized carbons (Fsp3) is 0.727. The molecule has 0 amide bonds. The number of aryl methyl sites for hydroxylation is 1. The Balaban J connectivity index is 3.07. The van der Waals surface area contributed by atoms with Gasteiger partial charge in [0.15, 0.2) is 5.49 Å². The molecular formula is C11H21N2O5PS. The normalized spacial score (nSPS) is 13.3. The van der Waals surface area contributed by atoms with Crippen molar-refractivity contribution in [1.29, 1.82) is 0 Å². The number of aromatic nitrogens is 2. The largest absolute Gasteiger partial charge is 0.346 e. The molecule has 0 spiro atoms. The van der Waals surface area contributed by atoms with Gasteiger partial charge in [-0.2, -0.15) is 0 Å². The van der Waals surface area contributed by atoms with Crippen molar-refractivity contribution in [2.45, 2.75) is 45.1 Å². The van der Waals surface area contributed by atoms with Crippen LogP contribution in [-0.4, -0.2) is 35.7 Å². The summed E-state index contributed by atoms with van der Waals surface area (Å²) in [4.78, 5) is 3.77. The summed E-state index contributed by atoms with van der Waals surface area (Å²) in [6.45, 7) is 6.68. The van der Waals surface area contributed by atoms with Crippen LogP contribution >= 0.6 is 7.60 Å². The molecule has 0 aliphatic rings. The highest BCUT2D eigenvalue weighted by molar-refractivity contribution is 7.97. The molecule has 9 heteroatoms. The minimum absolute atomic E-state index is 0.155. The van der Waals surface area contributed by atoms with Gasteiger partial charge < -0.3 is 13.6 Å². The third-order valence-electron chi connectivity index (χ3n) is 2.13. The van der Waals surface area contributed by atoms with Crippen molar-refractivity contribution in [1.82, 2.24) is 9.55 Å². The second kappa shape index (κ2) is 6.39. The van der Waals surface area contributed by atoms with Crippen LogP contribution in [0.1, 0.15) is 27.7 Å². The van der Waals surface area contributed by atoms with E-state index >= 15 is 0 Å². The quantitative estimate of drug-likeness (QED) is 0.715. The van der Waals surface area contributed by atoms with Crippen LogP contribution in [0.2, 0.25) is 0 Å². The van der Waals surface area contributed by atoms with E-state index < -0.39 is 35.1 Å². The molecular weight excluding hydrogens is 303 g/mol. The average molecular weight is 324 g/mol. The van der Waals surface area contributed by atoms with Gasteiger partial charge in [0.2, 0.25) is 15.0 Å². The second-order valence-corrected chi connectivity index (χ2v) is 9.25. The molecule has 7 nitrogen and oxygen atoms in total. The summed E-state index contributed by atoms with van der Waals surface area (Å²) in [6.07, 6.45) is 2.06. The third-order valence-corrected chi connectivity index (χ3v) is 7.19. The van der Waals surface area contributed by atoms with Crippen molar-refractivity contribution < 1.29 is 22.0 Å². The third kappa shape index (κ3) is 4.70. The molecule has 0 atom stereocenters. The Morgan fingerprint density at radius 3 is 2.10 bits per heavy atom. The van der Waals surface area contributed by atoms with E-state index in [9.17, 15) is 13.0 Å². The van der Waals surface area contributed by atoms with Crippen LogP contribution in [-0.2, 0) is 30.5 Å². The molecule has 0 aliphatic carbocycles. The summed E-state index contributed by atoms with van der Waals surface area (Å²) in [6, 6.07) is 0. The van der Waals surface area contributed by atoms with E-state index in [4.69, 9.17) is 9.05 Å². The van der Waals surface area contributed by atoms with Gasteiger partial charge in [-0.15, -0.1) is 0 Å². The smallest absolute Gasteiger partial charge is 0.325 e. The van der Waals surface area contributed by atoms with Crippen LogP contribution in [0.15, 0.2) is 17.6 Å². The number of rotatable bonds is 7. The van der Waals surface area contributed by atoms with Crippen molar-refractivity contribution in [3.8, 4) is 0 Å². The number of hydrogen-bond acceptors (Lipinski definition) is 6.